The molecule has 1 aromatic heterocycles. The lowest BCUT2D eigenvalue weighted by Crippen LogP contribution is -2.12. The first kappa shape index (κ1) is 13.6. The maximum Gasteiger partial charge on any atom is 0.205 e. The van der Waals surface area contributed by atoms with Crippen molar-refractivity contribution in [2.75, 3.05) is 17.9 Å². The van der Waals surface area contributed by atoms with E-state index in [0.29, 0.717) is 29.5 Å². The summed E-state index contributed by atoms with van der Waals surface area (Å²) in [6, 6.07) is 9.42. The highest BCUT2D eigenvalue weighted by atomic mass is 16.5. The van der Waals surface area contributed by atoms with Gasteiger partial charge in [-0.2, -0.15) is 5.26 Å². The summed E-state index contributed by atoms with van der Waals surface area (Å²) in [5.41, 5.74) is 4.02. The Morgan fingerprint density at radius 2 is 2.15 bits per heavy atom. The van der Waals surface area contributed by atoms with Gasteiger partial charge >= 0.3 is 0 Å². The van der Waals surface area contributed by atoms with Gasteiger partial charge in [-0.15, -0.1) is 0 Å². The Kier molecular flexibility index (Phi) is 4.32. The zero-order chi connectivity index (χ0) is 14.4. The highest BCUT2D eigenvalue weighted by Gasteiger charge is 2.10. The molecule has 1 heterocycles. The second-order valence-corrected chi connectivity index (χ2v) is 3.91. The molecular weight excluding hydrogens is 256 g/mol. The Bertz CT molecular complexity index is 637. The van der Waals surface area contributed by atoms with Crippen LogP contribution < -0.4 is 21.3 Å². The van der Waals surface area contributed by atoms with Crippen molar-refractivity contribution < 1.29 is 4.74 Å². The van der Waals surface area contributed by atoms with E-state index in [2.05, 4.69) is 26.8 Å². The summed E-state index contributed by atoms with van der Waals surface area (Å²) >= 11 is 0. The van der Waals surface area contributed by atoms with Gasteiger partial charge in [0.05, 0.1) is 18.7 Å². The molecule has 0 amide bonds. The van der Waals surface area contributed by atoms with Crippen LogP contribution in [0, 0.1) is 11.3 Å². The van der Waals surface area contributed by atoms with Gasteiger partial charge in [-0.05, 0) is 17.7 Å². The summed E-state index contributed by atoms with van der Waals surface area (Å²) in [4.78, 5) is 8.06. The van der Waals surface area contributed by atoms with Crippen LogP contribution in [0.4, 0.5) is 11.6 Å². The first-order valence-corrected chi connectivity index (χ1v) is 5.87. The molecule has 0 atom stereocenters. The van der Waals surface area contributed by atoms with Gasteiger partial charge in [0.15, 0.2) is 11.6 Å². The van der Waals surface area contributed by atoms with Gasteiger partial charge < -0.3 is 15.5 Å². The van der Waals surface area contributed by atoms with Crippen molar-refractivity contribution >= 4 is 11.6 Å². The van der Waals surface area contributed by atoms with Crippen LogP contribution >= 0.6 is 0 Å². The Morgan fingerprint density at radius 3 is 2.85 bits per heavy atom. The van der Waals surface area contributed by atoms with Crippen LogP contribution in [0.1, 0.15) is 11.1 Å². The van der Waals surface area contributed by atoms with Crippen LogP contribution in [0.2, 0.25) is 0 Å². The molecule has 2 rings (SSSR count). The van der Waals surface area contributed by atoms with Gasteiger partial charge in [0.25, 0.3) is 0 Å². The number of ether oxygens (including phenoxy) is 1. The molecule has 0 unspecified atom stereocenters. The number of aromatic nitrogens is 2. The monoisotopic (exact) mass is 270 g/mol. The SMILES string of the molecule is COc1c(NN)ncnc1NCc1cccc(C#N)c1. The zero-order valence-electron chi connectivity index (χ0n) is 10.9. The average molecular weight is 270 g/mol. The fraction of sp³-hybridized carbons (Fsp3) is 0.154. The number of nitrogens with one attached hydrogen (secondary N) is 2. The van der Waals surface area contributed by atoms with Crippen LogP contribution in [-0.2, 0) is 6.54 Å². The normalized spacial score (nSPS) is 9.65. The molecule has 0 saturated heterocycles. The van der Waals surface area contributed by atoms with E-state index in [1.54, 1.807) is 6.07 Å². The summed E-state index contributed by atoms with van der Waals surface area (Å²) in [6.45, 7) is 0.507. The maximum absolute atomic E-state index is 8.86. The Labute approximate surface area is 116 Å². The molecule has 1 aromatic carbocycles. The number of nitrogens with zero attached hydrogens (tertiary/aromatic N) is 3. The smallest absolute Gasteiger partial charge is 0.205 e. The molecule has 0 aliphatic carbocycles. The van der Waals surface area contributed by atoms with E-state index in [-0.39, 0.29) is 0 Å². The van der Waals surface area contributed by atoms with Crippen molar-refractivity contribution in [3.8, 4) is 11.8 Å². The number of hydrazine groups is 1. The highest BCUT2D eigenvalue weighted by molar-refractivity contribution is 5.63. The third kappa shape index (κ3) is 2.93. The van der Waals surface area contributed by atoms with Crippen molar-refractivity contribution in [3.63, 3.8) is 0 Å². The molecule has 0 bridgehead atoms. The molecule has 0 aliphatic rings. The molecule has 0 radical (unpaired) electrons. The minimum absolute atomic E-state index is 0.399. The van der Waals surface area contributed by atoms with E-state index in [9.17, 15) is 0 Å². The number of nitrogens with two attached hydrogens (primary N) is 1. The van der Waals surface area contributed by atoms with Crippen LogP contribution in [0.25, 0.3) is 0 Å². The lowest BCUT2D eigenvalue weighted by molar-refractivity contribution is 0.414. The molecule has 0 saturated carbocycles. The van der Waals surface area contributed by atoms with Gasteiger partial charge in [0.1, 0.15) is 6.33 Å². The fourth-order valence-corrected chi connectivity index (χ4v) is 1.73. The third-order valence-corrected chi connectivity index (χ3v) is 2.66. The second kappa shape index (κ2) is 6.36. The van der Waals surface area contributed by atoms with E-state index < -0.39 is 0 Å². The second-order valence-electron chi connectivity index (χ2n) is 3.91. The molecule has 0 spiro atoms. The molecule has 20 heavy (non-hydrogen) atoms. The predicted molar refractivity (Wildman–Crippen MR) is 74.9 cm³/mol. The summed E-state index contributed by atoms with van der Waals surface area (Å²) in [7, 11) is 1.51. The number of methoxy groups -OCH3 is 1. The third-order valence-electron chi connectivity index (χ3n) is 2.66. The molecule has 102 valence electrons. The van der Waals surface area contributed by atoms with Crippen molar-refractivity contribution in [1.82, 2.24) is 9.97 Å². The molecule has 7 heteroatoms. The van der Waals surface area contributed by atoms with Gasteiger partial charge in [-0.25, -0.2) is 15.8 Å². The molecule has 0 fully saturated rings. The molecule has 7 nitrogen and oxygen atoms in total. The predicted octanol–water partition coefficient (Wildman–Crippen LogP) is 1.25. The lowest BCUT2D eigenvalue weighted by Gasteiger charge is -2.12. The summed E-state index contributed by atoms with van der Waals surface area (Å²) < 4.78 is 5.22. The van der Waals surface area contributed by atoms with Crippen molar-refractivity contribution in [2.45, 2.75) is 6.54 Å². The van der Waals surface area contributed by atoms with Crippen LogP contribution in [0.15, 0.2) is 30.6 Å². The number of hydrogen-bond acceptors (Lipinski definition) is 7. The van der Waals surface area contributed by atoms with E-state index in [1.807, 2.05) is 18.2 Å². The molecule has 4 N–H and O–H groups in total. The van der Waals surface area contributed by atoms with E-state index in [4.69, 9.17) is 15.8 Å². The number of nitrogen functional groups attached to an aromatic ring is 1. The molecular formula is C13H14N6O. The van der Waals surface area contributed by atoms with Gasteiger partial charge in [0.2, 0.25) is 5.75 Å². The quantitative estimate of drug-likeness (QED) is 0.554. The number of nitriles is 1. The van der Waals surface area contributed by atoms with E-state index in [0.717, 1.165) is 5.56 Å². The van der Waals surface area contributed by atoms with Gasteiger partial charge in [0, 0.05) is 6.54 Å². The Balaban J connectivity index is 2.16. The fourth-order valence-electron chi connectivity index (χ4n) is 1.73. The number of benzene rings is 1. The summed E-state index contributed by atoms with van der Waals surface area (Å²) in [5, 5.41) is 12.0. The average Bonchev–Trinajstić information content (AvgIpc) is 2.52. The van der Waals surface area contributed by atoms with E-state index >= 15 is 0 Å². The number of anilines is 2. The maximum atomic E-state index is 8.86. The van der Waals surface area contributed by atoms with Gasteiger partial charge in [-0.3, -0.25) is 0 Å². The topological polar surface area (TPSA) is 109 Å². The van der Waals surface area contributed by atoms with Crippen molar-refractivity contribution in [1.29, 1.82) is 5.26 Å². The zero-order valence-corrected chi connectivity index (χ0v) is 10.9. The largest absolute Gasteiger partial charge is 0.490 e. The lowest BCUT2D eigenvalue weighted by atomic mass is 10.1. The number of hydrogen-bond donors (Lipinski definition) is 3. The molecule has 0 aliphatic heterocycles. The summed E-state index contributed by atoms with van der Waals surface area (Å²) in [5.74, 6) is 6.72. The minimum Gasteiger partial charge on any atom is -0.490 e. The first-order chi connectivity index (χ1) is 9.78. The summed E-state index contributed by atoms with van der Waals surface area (Å²) in [6.07, 6.45) is 1.38. The van der Waals surface area contributed by atoms with Crippen LogP contribution in [0.5, 0.6) is 5.75 Å². The van der Waals surface area contributed by atoms with Crippen LogP contribution in [0.3, 0.4) is 0 Å². The number of rotatable bonds is 5. The Hall–Kier alpha value is -2.85. The Morgan fingerprint density at radius 1 is 1.35 bits per heavy atom. The van der Waals surface area contributed by atoms with Crippen molar-refractivity contribution in [2.24, 2.45) is 5.84 Å². The van der Waals surface area contributed by atoms with Crippen molar-refractivity contribution in [3.05, 3.63) is 41.7 Å². The minimum atomic E-state index is 0.399. The molecule has 2 aromatic rings. The van der Waals surface area contributed by atoms with Crippen LogP contribution in [-0.4, -0.2) is 17.1 Å². The first-order valence-electron chi connectivity index (χ1n) is 5.87. The highest BCUT2D eigenvalue weighted by Crippen LogP contribution is 2.28. The van der Waals surface area contributed by atoms with E-state index in [1.165, 1.54) is 13.4 Å². The van der Waals surface area contributed by atoms with Gasteiger partial charge in [-0.1, -0.05) is 12.1 Å². The standard InChI is InChI=1S/C13H14N6O/c1-20-11-12(17-8-18-13(11)19-15)16-7-10-4-2-3-9(5-10)6-14/h2-5,8H,7,15H2,1H3,(H2,16,17,18,19).